The Kier molecular flexibility index (Phi) is 12.3. The van der Waals surface area contributed by atoms with Gasteiger partial charge in [-0.2, -0.15) is 6.08 Å². The summed E-state index contributed by atoms with van der Waals surface area (Å²) in [5.74, 6) is 0. The van der Waals surface area contributed by atoms with Crippen LogP contribution in [0.15, 0.2) is 158 Å². The normalized spacial score (nSPS) is 11.9. The van der Waals surface area contributed by atoms with Gasteiger partial charge in [-0.3, -0.25) is 6.08 Å². The van der Waals surface area contributed by atoms with Crippen LogP contribution in [0.2, 0.25) is 10.0 Å². The van der Waals surface area contributed by atoms with E-state index in [0.717, 1.165) is 33.7 Å². The Morgan fingerprint density at radius 3 is 1.67 bits per heavy atom. The van der Waals surface area contributed by atoms with Crippen molar-refractivity contribution in [1.29, 1.82) is 0 Å². The second-order valence-corrected chi connectivity index (χ2v) is 14.4. The molecule has 2 aliphatic rings. The van der Waals surface area contributed by atoms with Crippen molar-refractivity contribution in [2.75, 3.05) is 0 Å². The van der Waals surface area contributed by atoms with Crippen molar-refractivity contribution >= 4 is 69.5 Å². The van der Waals surface area contributed by atoms with Crippen LogP contribution in [-0.4, -0.2) is 3.21 Å². The van der Waals surface area contributed by atoms with E-state index in [1.807, 2.05) is 42.5 Å². The summed E-state index contributed by atoms with van der Waals surface area (Å²) in [6.07, 6.45) is 11.0. The zero-order chi connectivity index (χ0) is 34.0. The van der Waals surface area contributed by atoms with E-state index in [9.17, 15) is 0 Å². The molecule has 0 saturated carbocycles. The van der Waals surface area contributed by atoms with Gasteiger partial charge in [0.15, 0.2) is 0 Å². The molecule has 0 radical (unpaired) electrons. The smallest absolute Gasteiger partial charge is 0.0240 e. The summed E-state index contributed by atoms with van der Waals surface area (Å²) in [6.45, 7) is 0. The minimum Gasteiger partial charge on any atom is -1.00 e. The van der Waals surface area contributed by atoms with Gasteiger partial charge in [-0.05, 0) is 28.5 Å². The molecule has 0 nitrogen and oxygen atoms in total. The van der Waals surface area contributed by atoms with E-state index in [2.05, 4.69) is 127 Å². The fourth-order valence-corrected chi connectivity index (χ4v) is 8.70. The van der Waals surface area contributed by atoms with Crippen molar-refractivity contribution in [2.24, 2.45) is 0 Å². The third kappa shape index (κ3) is 7.24. The van der Waals surface area contributed by atoms with Crippen molar-refractivity contribution in [1.82, 2.24) is 0 Å². The average Bonchev–Trinajstić information content (AvgIpc) is 3.89. The van der Waals surface area contributed by atoms with Crippen molar-refractivity contribution < 1.29 is 49.0 Å². The molecule has 0 bridgehead atoms. The van der Waals surface area contributed by atoms with Crippen molar-refractivity contribution in [2.45, 2.75) is 12.8 Å². The Hall–Kier alpha value is -3.81. The molecular weight excluding hydrogens is 798 g/mol. The van der Waals surface area contributed by atoms with Crippen LogP contribution in [0.25, 0.3) is 54.2 Å². The van der Waals surface area contributed by atoms with Crippen molar-refractivity contribution in [3.05, 3.63) is 202 Å². The summed E-state index contributed by atoms with van der Waals surface area (Å²) in [7, 11) is 0. The van der Waals surface area contributed by atoms with E-state index < -0.39 is 0 Å². The Bertz CT molecular complexity index is 2560. The summed E-state index contributed by atoms with van der Waals surface area (Å²) < 4.78 is 1.31. The van der Waals surface area contributed by atoms with Crippen LogP contribution in [0.3, 0.4) is 0 Å². The first-order chi connectivity index (χ1) is 24.6. The number of hydrogen-bond acceptors (Lipinski definition) is 0. The largest absolute Gasteiger partial charge is 1.00 e. The SMILES string of the molecule is Clc1ccc([C](=[Zr+2])c2ccc(Cl)c3ccccc23)c2ccccc12.[C-]1=CC=CC1.[Cl-].[Cl-].[c-]1cccc2c1c1c(c3ccccc32)-c2ccccc2C1. The van der Waals surface area contributed by atoms with Crippen LogP contribution in [0, 0.1) is 12.1 Å². The van der Waals surface area contributed by atoms with Gasteiger partial charge in [0.05, 0.1) is 0 Å². The maximum Gasteiger partial charge on any atom is -0.0240 e. The zero-order valence-electron chi connectivity index (χ0n) is 27.9. The van der Waals surface area contributed by atoms with Gasteiger partial charge in [0.2, 0.25) is 0 Å². The van der Waals surface area contributed by atoms with E-state index in [-0.39, 0.29) is 24.8 Å². The fourth-order valence-electron chi connectivity index (χ4n) is 7.17. The predicted octanol–water partition coefficient (Wildman–Crippen LogP) is 7.09. The molecule has 5 heteroatoms. The van der Waals surface area contributed by atoms with Crippen molar-refractivity contribution in [3.8, 4) is 11.1 Å². The number of fused-ring (bicyclic) bond motifs is 10. The van der Waals surface area contributed by atoms with Crippen LogP contribution >= 0.6 is 23.2 Å². The molecule has 0 aromatic heterocycles. The summed E-state index contributed by atoms with van der Waals surface area (Å²) in [4.78, 5) is 0. The first-order valence-corrected chi connectivity index (χ1v) is 18.7. The number of hydrogen-bond donors (Lipinski definition) is 0. The van der Waals surface area contributed by atoms with Gasteiger partial charge in [-0.1, -0.05) is 53.9 Å². The average molecular weight is 828 g/mol. The summed E-state index contributed by atoms with van der Waals surface area (Å²) in [5, 5.41) is 11.4. The molecule has 0 spiro atoms. The molecule has 0 atom stereocenters. The van der Waals surface area contributed by atoms with Gasteiger partial charge in [0.25, 0.3) is 0 Å². The molecule has 10 rings (SSSR count). The van der Waals surface area contributed by atoms with Gasteiger partial charge < -0.3 is 24.8 Å². The second kappa shape index (κ2) is 16.9. The van der Waals surface area contributed by atoms with Gasteiger partial charge >= 0.3 is 166 Å². The van der Waals surface area contributed by atoms with E-state index in [4.69, 9.17) is 23.2 Å². The van der Waals surface area contributed by atoms with Crippen LogP contribution in [0.5, 0.6) is 0 Å². The Morgan fingerprint density at radius 1 is 0.558 bits per heavy atom. The summed E-state index contributed by atoms with van der Waals surface area (Å²) in [5.41, 5.74) is 8.15. The van der Waals surface area contributed by atoms with Gasteiger partial charge in [0, 0.05) is 0 Å². The summed E-state index contributed by atoms with van der Waals surface area (Å²) in [6, 6.07) is 52.2. The predicted molar refractivity (Wildman–Crippen MR) is 211 cm³/mol. The fraction of sp³-hybridized carbons (Fsp3) is 0.0426. The third-order valence-corrected chi connectivity index (χ3v) is 11.4. The Balaban J connectivity index is 0.000000153. The maximum atomic E-state index is 6.38. The minimum atomic E-state index is 0. The molecule has 0 fully saturated rings. The second-order valence-electron chi connectivity index (χ2n) is 12.4. The molecule has 0 heterocycles. The first kappa shape index (κ1) is 37.9. The van der Waals surface area contributed by atoms with Crippen molar-refractivity contribution in [3.63, 3.8) is 0 Å². The van der Waals surface area contributed by atoms with E-state index in [1.165, 1.54) is 93.1 Å². The van der Waals surface area contributed by atoms with E-state index in [1.54, 1.807) is 0 Å². The Labute approximate surface area is 341 Å². The standard InChI is InChI=1S/C21H12Cl2.C21H13.C5H5.2ClH.Zr/c22-20-11-9-14(16-5-1-3-7-18(16)20)13-15-10-12-21(23)19-8-4-2-6-17(15)19;1-2-8-15-14(7-1)13-20-18-11-4-3-9-16(18)17-10-5-6-12-19(17)21(15)20;1-2-4-5-3-1;;;/h1-12H;1-10,12H,13H2;1-3H,4H2;2*1H;/q;2*-1;;;+2/p-2. The monoisotopic (exact) mass is 824 g/mol. The van der Waals surface area contributed by atoms with E-state index >= 15 is 0 Å². The molecule has 0 unspecified atom stereocenters. The van der Waals surface area contributed by atoms with Crippen LogP contribution in [-0.2, 0) is 30.7 Å². The molecule has 0 saturated heterocycles. The topological polar surface area (TPSA) is 0 Å². The maximum absolute atomic E-state index is 6.38. The number of benzene rings is 8. The molecular formula is C47H30Cl4Zr-2. The van der Waals surface area contributed by atoms with Crippen LogP contribution in [0.4, 0.5) is 0 Å². The van der Waals surface area contributed by atoms with Crippen LogP contribution in [0.1, 0.15) is 28.7 Å². The molecule has 252 valence electrons. The van der Waals surface area contributed by atoms with Gasteiger partial charge in [-0.25, -0.2) is 12.2 Å². The Morgan fingerprint density at radius 2 is 1.10 bits per heavy atom. The number of allylic oxidation sites excluding steroid dienone is 4. The molecule has 8 aromatic carbocycles. The zero-order valence-corrected chi connectivity index (χ0v) is 33.4. The molecule has 0 aliphatic heterocycles. The van der Waals surface area contributed by atoms with Gasteiger partial charge in [0.1, 0.15) is 0 Å². The first-order valence-electron chi connectivity index (χ1n) is 16.7. The quantitative estimate of drug-likeness (QED) is 0.129. The molecule has 0 amide bonds. The molecule has 52 heavy (non-hydrogen) atoms. The third-order valence-electron chi connectivity index (χ3n) is 9.47. The number of halogens is 4. The molecule has 0 N–H and O–H groups in total. The number of rotatable bonds is 2. The molecule has 2 aliphatic carbocycles. The van der Waals surface area contributed by atoms with Crippen LogP contribution < -0.4 is 24.8 Å². The minimum absolute atomic E-state index is 0. The molecule has 8 aromatic rings. The summed E-state index contributed by atoms with van der Waals surface area (Å²) >= 11 is 14.1. The van der Waals surface area contributed by atoms with E-state index in [0.29, 0.717) is 0 Å². The van der Waals surface area contributed by atoms with Gasteiger partial charge in [-0.15, -0.1) is 47.0 Å².